The number of carboxylic acid groups (broad SMARTS) is 1. The molecule has 0 bridgehead atoms. The Hall–Kier alpha value is -2.05. The first-order valence-electron chi connectivity index (χ1n) is 6.73. The fourth-order valence-corrected chi connectivity index (χ4v) is 3.68. The minimum absolute atomic E-state index is 0.0156. The Labute approximate surface area is 140 Å². The molecule has 0 aliphatic carbocycles. The zero-order chi connectivity index (χ0) is 16.7. The molecule has 0 aliphatic heterocycles. The average Bonchev–Trinajstić information content (AvgIpc) is 2.82. The number of pyridine rings is 1. The minimum atomic E-state index is -1.09. The second kappa shape index (κ2) is 5.86. The van der Waals surface area contributed by atoms with Crippen LogP contribution in [-0.4, -0.2) is 21.0 Å². The molecule has 0 atom stereocenters. The van der Waals surface area contributed by atoms with Crippen molar-refractivity contribution in [1.29, 1.82) is 0 Å². The second-order valence-corrected chi connectivity index (χ2v) is 6.50. The number of fused-ring (bicyclic) bond motifs is 1. The molecule has 2 heterocycles. The van der Waals surface area contributed by atoms with Crippen LogP contribution in [-0.2, 0) is 0 Å². The first-order valence-corrected chi connectivity index (χ1v) is 7.92. The first kappa shape index (κ1) is 15.8. The van der Waals surface area contributed by atoms with Gasteiger partial charge in [-0.05, 0) is 37.6 Å². The van der Waals surface area contributed by atoms with Gasteiger partial charge in [-0.25, -0.2) is 14.2 Å². The molecule has 0 saturated carbocycles. The SMILES string of the molecule is Cc1ccnc(C(=O)O)c1Sc1c(C)[nH]c2c(F)c(Cl)ccc12. The van der Waals surface area contributed by atoms with Gasteiger partial charge < -0.3 is 10.1 Å². The van der Waals surface area contributed by atoms with Gasteiger partial charge in [0.15, 0.2) is 11.5 Å². The van der Waals surface area contributed by atoms with Crippen LogP contribution in [0.1, 0.15) is 21.7 Å². The van der Waals surface area contributed by atoms with Crippen molar-refractivity contribution in [1.82, 2.24) is 9.97 Å². The molecule has 118 valence electrons. The number of hydrogen-bond donors (Lipinski definition) is 2. The van der Waals surface area contributed by atoms with Gasteiger partial charge in [-0.15, -0.1) is 0 Å². The number of nitrogens with zero attached hydrogens (tertiary/aromatic N) is 1. The first-order chi connectivity index (χ1) is 10.9. The molecule has 1 aromatic carbocycles. The number of aromatic carboxylic acids is 1. The van der Waals surface area contributed by atoms with Crippen LogP contribution in [0.25, 0.3) is 10.9 Å². The van der Waals surface area contributed by atoms with Crippen LogP contribution in [0.5, 0.6) is 0 Å². The van der Waals surface area contributed by atoms with Gasteiger partial charge in [-0.2, -0.15) is 0 Å². The molecule has 3 rings (SSSR count). The smallest absolute Gasteiger partial charge is 0.355 e. The Morgan fingerprint density at radius 1 is 1.30 bits per heavy atom. The van der Waals surface area contributed by atoms with Gasteiger partial charge in [-0.1, -0.05) is 23.4 Å². The number of nitrogens with one attached hydrogen (secondary N) is 1. The monoisotopic (exact) mass is 350 g/mol. The highest BCUT2D eigenvalue weighted by Gasteiger charge is 2.20. The number of aromatic nitrogens is 2. The molecule has 0 unspecified atom stereocenters. The van der Waals surface area contributed by atoms with E-state index in [0.717, 1.165) is 16.2 Å². The third kappa shape index (κ3) is 2.68. The van der Waals surface area contributed by atoms with Crippen LogP contribution in [0.4, 0.5) is 4.39 Å². The summed E-state index contributed by atoms with van der Waals surface area (Å²) in [7, 11) is 0. The third-order valence-electron chi connectivity index (χ3n) is 3.50. The van der Waals surface area contributed by atoms with Crippen LogP contribution in [0.15, 0.2) is 34.2 Å². The van der Waals surface area contributed by atoms with Gasteiger partial charge in [0.25, 0.3) is 0 Å². The van der Waals surface area contributed by atoms with Crippen LogP contribution in [0.3, 0.4) is 0 Å². The van der Waals surface area contributed by atoms with E-state index in [-0.39, 0.29) is 10.7 Å². The summed E-state index contributed by atoms with van der Waals surface area (Å²) >= 11 is 7.07. The zero-order valence-electron chi connectivity index (χ0n) is 12.3. The number of carboxylic acids is 1. The Morgan fingerprint density at radius 2 is 2.04 bits per heavy atom. The van der Waals surface area contributed by atoms with Crippen molar-refractivity contribution in [2.24, 2.45) is 0 Å². The number of aryl methyl sites for hydroxylation is 2. The molecule has 0 aliphatic rings. The number of H-pyrrole nitrogens is 1. The van der Waals surface area contributed by atoms with Gasteiger partial charge in [0.05, 0.1) is 10.5 Å². The summed E-state index contributed by atoms with van der Waals surface area (Å²) in [5, 5.41) is 10.0. The predicted octanol–water partition coefficient (Wildman–Crippen LogP) is 4.82. The highest BCUT2D eigenvalue weighted by Crippen LogP contribution is 2.40. The van der Waals surface area contributed by atoms with Crippen LogP contribution in [0, 0.1) is 19.7 Å². The van der Waals surface area contributed by atoms with Gasteiger partial charge >= 0.3 is 5.97 Å². The molecule has 2 N–H and O–H groups in total. The Kier molecular flexibility index (Phi) is 4.04. The second-order valence-electron chi connectivity index (χ2n) is 5.08. The largest absolute Gasteiger partial charge is 0.476 e. The fourth-order valence-electron chi connectivity index (χ4n) is 2.37. The Morgan fingerprint density at radius 3 is 2.74 bits per heavy atom. The van der Waals surface area contributed by atoms with E-state index in [0.29, 0.717) is 15.8 Å². The summed E-state index contributed by atoms with van der Waals surface area (Å²) in [4.78, 5) is 19.6. The molecule has 0 saturated heterocycles. The van der Waals surface area contributed by atoms with E-state index in [2.05, 4.69) is 9.97 Å². The Bertz CT molecular complexity index is 939. The van der Waals surface area contributed by atoms with Crippen molar-refractivity contribution in [3.63, 3.8) is 0 Å². The maximum atomic E-state index is 14.1. The summed E-state index contributed by atoms with van der Waals surface area (Å²) in [6, 6.07) is 4.96. The van der Waals surface area contributed by atoms with Crippen LogP contribution < -0.4 is 0 Å². The predicted molar refractivity (Wildman–Crippen MR) is 88.1 cm³/mol. The third-order valence-corrected chi connectivity index (χ3v) is 5.24. The number of rotatable bonds is 3. The molecule has 0 fully saturated rings. The molecule has 0 radical (unpaired) electrons. The standard InChI is InChI=1S/C16H12ClFN2O2S/c1-7-5-6-19-13(16(21)22)14(7)23-15-8(2)20-12-9(15)3-4-10(17)11(12)18/h3-6,20H,1-2H3,(H,21,22). The maximum absolute atomic E-state index is 14.1. The lowest BCUT2D eigenvalue weighted by Crippen LogP contribution is -2.03. The van der Waals surface area contributed by atoms with Crippen molar-refractivity contribution in [3.05, 3.63) is 52.2 Å². The summed E-state index contributed by atoms with van der Waals surface area (Å²) in [6.07, 6.45) is 1.46. The Balaban J connectivity index is 2.19. The fraction of sp³-hybridized carbons (Fsp3) is 0.125. The highest BCUT2D eigenvalue weighted by atomic mass is 35.5. The minimum Gasteiger partial charge on any atom is -0.476 e. The number of hydrogen-bond acceptors (Lipinski definition) is 3. The van der Waals surface area contributed by atoms with E-state index >= 15 is 0 Å². The van der Waals surface area contributed by atoms with Crippen molar-refractivity contribution >= 4 is 40.2 Å². The number of benzene rings is 1. The lowest BCUT2D eigenvalue weighted by Gasteiger charge is -2.08. The quantitative estimate of drug-likeness (QED) is 0.710. The molecular formula is C16H12ClFN2O2S. The van der Waals surface area contributed by atoms with E-state index in [9.17, 15) is 14.3 Å². The van der Waals surface area contributed by atoms with Crippen molar-refractivity contribution in [3.8, 4) is 0 Å². The van der Waals surface area contributed by atoms with E-state index in [4.69, 9.17) is 11.6 Å². The van der Waals surface area contributed by atoms with Gasteiger partial charge in [-0.3, -0.25) is 0 Å². The molecule has 4 nitrogen and oxygen atoms in total. The normalized spacial score (nSPS) is 11.1. The molecule has 2 aromatic heterocycles. The van der Waals surface area contributed by atoms with E-state index in [1.165, 1.54) is 24.0 Å². The number of aromatic amines is 1. The number of carbonyl (C=O) groups is 1. The van der Waals surface area contributed by atoms with Crippen LogP contribution >= 0.6 is 23.4 Å². The van der Waals surface area contributed by atoms with E-state index in [1.54, 1.807) is 12.1 Å². The van der Waals surface area contributed by atoms with Gasteiger partial charge in [0, 0.05) is 27.1 Å². The van der Waals surface area contributed by atoms with Crippen molar-refractivity contribution < 1.29 is 14.3 Å². The maximum Gasteiger partial charge on any atom is 0.355 e. The van der Waals surface area contributed by atoms with Crippen molar-refractivity contribution in [2.45, 2.75) is 23.6 Å². The molecule has 0 amide bonds. The van der Waals surface area contributed by atoms with E-state index < -0.39 is 11.8 Å². The molecule has 23 heavy (non-hydrogen) atoms. The summed E-state index contributed by atoms with van der Waals surface area (Å²) in [5.41, 5.74) is 1.84. The molecule has 0 spiro atoms. The van der Waals surface area contributed by atoms with Gasteiger partial charge in [0.1, 0.15) is 0 Å². The van der Waals surface area contributed by atoms with E-state index in [1.807, 2.05) is 13.8 Å². The summed E-state index contributed by atoms with van der Waals surface area (Å²) in [6.45, 7) is 3.62. The lowest BCUT2D eigenvalue weighted by atomic mass is 10.2. The zero-order valence-corrected chi connectivity index (χ0v) is 13.8. The van der Waals surface area contributed by atoms with Crippen LogP contribution in [0.2, 0.25) is 5.02 Å². The summed E-state index contributed by atoms with van der Waals surface area (Å²) < 4.78 is 14.1. The van der Waals surface area contributed by atoms with Gasteiger partial charge in [0.2, 0.25) is 0 Å². The lowest BCUT2D eigenvalue weighted by molar-refractivity contribution is 0.0686. The topological polar surface area (TPSA) is 66.0 Å². The average molecular weight is 351 g/mol. The van der Waals surface area contributed by atoms with Crippen molar-refractivity contribution in [2.75, 3.05) is 0 Å². The molecular weight excluding hydrogens is 339 g/mol. The summed E-state index contributed by atoms with van der Waals surface area (Å²) in [5.74, 6) is -1.61. The number of halogens is 2. The molecule has 7 heteroatoms. The highest BCUT2D eigenvalue weighted by molar-refractivity contribution is 7.99. The molecule has 3 aromatic rings.